The van der Waals surface area contributed by atoms with Crippen molar-refractivity contribution in [1.82, 2.24) is 0 Å². The molecule has 1 aromatic carbocycles. The Morgan fingerprint density at radius 2 is 2.23 bits per heavy atom. The molecule has 0 saturated carbocycles. The second kappa shape index (κ2) is 4.84. The van der Waals surface area contributed by atoms with Crippen molar-refractivity contribution in [2.24, 2.45) is 0 Å². The molecule has 0 fully saturated rings. The lowest BCUT2D eigenvalue weighted by Gasteiger charge is -2.06. The van der Waals surface area contributed by atoms with E-state index in [2.05, 4.69) is 12.2 Å². The van der Waals surface area contributed by atoms with Gasteiger partial charge in [-0.05, 0) is 23.9 Å². The summed E-state index contributed by atoms with van der Waals surface area (Å²) in [7, 11) is 1.47. The van der Waals surface area contributed by atoms with E-state index in [0.717, 1.165) is 0 Å². The van der Waals surface area contributed by atoms with E-state index in [4.69, 9.17) is 21.1 Å². The Morgan fingerprint density at radius 3 is 2.69 bits per heavy atom. The summed E-state index contributed by atoms with van der Waals surface area (Å²) in [5.74, 6) is 0.0857. The summed E-state index contributed by atoms with van der Waals surface area (Å²) in [5.41, 5.74) is 0. The number of halogens is 1. The van der Waals surface area contributed by atoms with Crippen LogP contribution in [0.2, 0.25) is 0 Å². The molecule has 0 heterocycles. The van der Waals surface area contributed by atoms with Crippen molar-refractivity contribution in [3.8, 4) is 11.5 Å². The molecule has 0 amide bonds. The van der Waals surface area contributed by atoms with E-state index < -0.39 is 11.9 Å². The Labute approximate surface area is 86.7 Å². The van der Waals surface area contributed by atoms with Crippen LogP contribution in [-0.2, 0) is 11.8 Å². The smallest absolute Gasteiger partial charge is 0.169 e. The normalized spacial score (nSPS) is 12.2. The van der Waals surface area contributed by atoms with Gasteiger partial charge in [-0.3, -0.25) is 0 Å². The SMILES string of the molecule is COc1ccc(O[PH](=S)S)c(F)c1. The van der Waals surface area contributed by atoms with Gasteiger partial charge < -0.3 is 9.26 Å². The van der Waals surface area contributed by atoms with Crippen LogP contribution in [0.15, 0.2) is 18.2 Å². The molecule has 2 nitrogen and oxygen atoms in total. The van der Waals surface area contributed by atoms with Crippen molar-refractivity contribution in [3.05, 3.63) is 24.0 Å². The predicted molar refractivity (Wildman–Crippen MR) is 58.2 cm³/mol. The molecule has 0 spiro atoms. The largest absolute Gasteiger partial charge is 0.497 e. The average Bonchev–Trinajstić information content (AvgIpc) is 2.08. The third-order valence-electron chi connectivity index (χ3n) is 1.34. The monoisotopic (exact) mass is 238 g/mol. The van der Waals surface area contributed by atoms with Crippen molar-refractivity contribution in [2.45, 2.75) is 0 Å². The van der Waals surface area contributed by atoms with Crippen molar-refractivity contribution in [2.75, 3.05) is 7.11 Å². The molecule has 0 saturated heterocycles. The lowest BCUT2D eigenvalue weighted by atomic mass is 10.3. The molecule has 1 atom stereocenters. The Balaban J connectivity index is 2.91. The number of ether oxygens (including phenoxy) is 1. The molecule has 0 bridgehead atoms. The highest BCUT2D eigenvalue weighted by molar-refractivity contribution is 8.54. The Hall–Kier alpha value is -0.250. The number of hydrogen-bond acceptors (Lipinski definition) is 3. The predicted octanol–water partition coefficient (Wildman–Crippen LogP) is 2.65. The molecule has 0 N–H and O–H groups in total. The van der Waals surface area contributed by atoms with E-state index in [0.29, 0.717) is 5.75 Å². The first kappa shape index (κ1) is 10.8. The van der Waals surface area contributed by atoms with Crippen molar-refractivity contribution >= 4 is 30.2 Å². The van der Waals surface area contributed by atoms with Gasteiger partial charge in [0.05, 0.1) is 7.11 Å². The number of rotatable bonds is 3. The van der Waals surface area contributed by atoms with Crippen molar-refractivity contribution < 1.29 is 13.7 Å². The first-order valence-corrected chi connectivity index (χ1v) is 7.21. The molecule has 72 valence electrons. The second-order valence-electron chi connectivity index (χ2n) is 2.16. The number of methoxy groups -OCH3 is 1. The number of benzene rings is 1. The van der Waals surface area contributed by atoms with Gasteiger partial charge in [-0.15, -0.1) is 12.2 Å². The number of hydrogen-bond donors (Lipinski definition) is 1. The van der Waals surface area contributed by atoms with Gasteiger partial charge in [0.1, 0.15) is 5.75 Å². The zero-order valence-corrected chi connectivity index (χ0v) is 9.49. The van der Waals surface area contributed by atoms with Gasteiger partial charge in [0.2, 0.25) is 0 Å². The van der Waals surface area contributed by atoms with Gasteiger partial charge >= 0.3 is 0 Å². The maximum Gasteiger partial charge on any atom is 0.169 e. The van der Waals surface area contributed by atoms with Crippen molar-refractivity contribution in [1.29, 1.82) is 0 Å². The molecule has 0 radical (unpaired) electrons. The maximum atomic E-state index is 13.1. The topological polar surface area (TPSA) is 18.5 Å². The van der Waals surface area contributed by atoms with Crippen LogP contribution in [0, 0.1) is 5.82 Å². The first-order chi connectivity index (χ1) is 6.13. The molecule has 0 aliphatic rings. The fourth-order valence-electron chi connectivity index (χ4n) is 0.785. The standard InChI is InChI=1S/C7H8FO2PS2/c1-9-5-2-3-7(6(8)4-5)10-11(12)13/h2-4,11H,1H3,(H,12,13). The van der Waals surface area contributed by atoms with E-state index in [1.165, 1.54) is 19.2 Å². The van der Waals surface area contributed by atoms with Crippen LogP contribution in [-0.4, -0.2) is 7.11 Å². The van der Waals surface area contributed by atoms with Crippen LogP contribution in [0.3, 0.4) is 0 Å². The van der Waals surface area contributed by atoms with E-state index in [-0.39, 0.29) is 5.75 Å². The minimum absolute atomic E-state index is 0.125. The fourth-order valence-corrected chi connectivity index (χ4v) is 1.70. The van der Waals surface area contributed by atoms with Gasteiger partial charge in [-0.1, -0.05) is 0 Å². The minimum Gasteiger partial charge on any atom is -0.497 e. The molecular weight excluding hydrogens is 230 g/mol. The maximum absolute atomic E-state index is 13.1. The molecule has 1 aromatic rings. The lowest BCUT2D eigenvalue weighted by molar-refractivity contribution is 0.409. The van der Waals surface area contributed by atoms with Gasteiger partial charge in [0.25, 0.3) is 0 Å². The third-order valence-corrected chi connectivity index (χ3v) is 2.25. The molecule has 0 aromatic heterocycles. The second-order valence-corrected chi connectivity index (χ2v) is 6.14. The number of thiol groups is 1. The van der Waals surface area contributed by atoms with E-state index in [9.17, 15) is 4.39 Å². The highest BCUT2D eigenvalue weighted by Crippen LogP contribution is 2.33. The zero-order chi connectivity index (χ0) is 9.84. The Morgan fingerprint density at radius 1 is 1.54 bits per heavy atom. The zero-order valence-electron chi connectivity index (χ0n) is 6.78. The van der Waals surface area contributed by atoms with E-state index in [1.54, 1.807) is 6.07 Å². The van der Waals surface area contributed by atoms with Gasteiger partial charge in [-0.2, -0.15) is 0 Å². The van der Waals surface area contributed by atoms with Crippen LogP contribution < -0.4 is 9.26 Å². The Bertz CT molecular complexity index is 332. The van der Waals surface area contributed by atoms with Gasteiger partial charge in [0.15, 0.2) is 17.7 Å². The minimum atomic E-state index is -1.63. The van der Waals surface area contributed by atoms with Crippen molar-refractivity contribution in [3.63, 3.8) is 0 Å². The van der Waals surface area contributed by atoms with E-state index in [1.807, 2.05) is 0 Å². The summed E-state index contributed by atoms with van der Waals surface area (Å²) in [6.07, 6.45) is -1.63. The van der Waals surface area contributed by atoms with Gasteiger partial charge in [-0.25, -0.2) is 4.39 Å². The molecule has 0 aliphatic carbocycles. The quantitative estimate of drug-likeness (QED) is 0.645. The van der Waals surface area contributed by atoms with E-state index >= 15 is 0 Å². The summed E-state index contributed by atoms with van der Waals surface area (Å²) in [6.45, 7) is 0. The molecule has 0 aliphatic heterocycles. The van der Waals surface area contributed by atoms with Gasteiger partial charge in [0, 0.05) is 6.07 Å². The summed E-state index contributed by atoms with van der Waals surface area (Å²) < 4.78 is 22.9. The molecule has 13 heavy (non-hydrogen) atoms. The average molecular weight is 238 g/mol. The fraction of sp³-hybridized carbons (Fsp3) is 0.143. The van der Waals surface area contributed by atoms with Crippen LogP contribution in [0.25, 0.3) is 0 Å². The third kappa shape index (κ3) is 3.18. The highest BCUT2D eigenvalue weighted by Gasteiger charge is 2.04. The van der Waals surface area contributed by atoms with Crippen LogP contribution >= 0.6 is 18.4 Å². The van der Waals surface area contributed by atoms with Crippen LogP contribution in [0.4, 0.5) is 4.39 Å². The van der Waals surface area contributed by atoms with Crippen LogP contribution in [0.1, 0.15) is 0 Å². The molecule has 1 rings (SSSR count). The summed E-state index contributed by atoms with van der Waals surface area (Å²) >= 11 is 8.63. The van der Waals surface area contributed by atoms with Crippen LogP contribution in [0.5, 0.6) is 11.5 Å². The summed E-state index contributed by atoms with van der Waals surface area (Å²) in [5, 5.41) is 0. The highest BCUT2D eigenvalue weighted by atomic mass is 32.9. The summed E-state index contributed by atoms with van der Waals surface area (Å²) in [4.78, 5) is 0. The summed E-state index contributed by atoms with van der Waals surface area (Å²) in [6, 6.07) is 4.32. The molecule has 6 heteroatoms. The lowest BCUT2D eigenvalue weighted by Crippen LogP contribution is -1.87. The Kier molecular flexibility index (Phi) is 4.03. The first-order valence-electron chi connectivity index (χ1n) is 3.38. The molecular formula is C7H8FO2PS2. The molecule has 1 unspecified atom stereocenters.